The fourth-order valence-electron chi connectivity index (χ4n) is 5.28. The molecule has 2 aromatic carbocycles. The second kappa shape index (κ2) is 7.86. The normalized spacial score (nSPS) is 16.3. The van der Waals surface area contributed by atoms with Crippen molar-refractivity contribution in [2.45, 2.75) is 38.3 Å². The quantitative estimate of drug-likeness (QED) is 0.340. The lowest BCUT2D eigenvalue weighted by atomic mass is 9.69. The topological polar surface area (TPSA) is 34.1 Å². The predicted octanol–water partition coefficient (Wildman–Crippen LogP) is 5.05. The maximum absolute atomic E-state index is 13.4. The van der Waals surface area contributed by atoms with E-state index < -0.39 is 6.23 Å². The fraction of sp³-hybridized carbons (Fsp3) is 0.250. The minimum atomic E-state index is -0.445. The van der Waals surface area contributed by atoms with E-state index in [4.69, 9.17) is 4.74 Å². The van der Waals surface area contributed by atoms with Crippen molar-refractivity contribution in [3.8, 4) is 11.3 Å². The molecule has 1 unspecified atom stereocenters. The molecular formula is C28H28N2O2+2. The third kappa shape index (κ3) is 2.94. The summed E-state index contributed by atoms with van der Waals surface area (Å²) >= 11 is 0. The van der Waals surface area contributed by atoms with Crippen molar-refractivity contribution in [2.75, 3.05) is 0 Å². The minimum Gasteiger partial charge on any atom is -0.393 e. The number of fused-ring (bicyclic) bond motifs is 5. The lowest BCUT2D eigenvalue weighted by molar-refractivity contribution is -0.759. The van der Waals surface area contributed by atoms with E-state index in [2.05, 4.69) is 79.2 Å². The van der Waals surface area contributed by atoms with E-state index in [0.717, 1.165) is 23.9 Å². The van der Waals surface area contributed by atoms with Crippen molar-refractivity contribution in [3.05, 3.63) is 96.4 Å². The summed E-state index contributed by atoms with van der Waals surface area (Å²) in [7, 11) is 1.87. The van der Waals surface area contributed by atoms with Crippen LogP contribution in [-0.2, 0) is 17.2 Å². The summed E-state index contributed by atoms with van der Waals surface area (Å²) in [5, 5.41) is 2.34. The van der Waals surface area contributed by atoms with Gasteiger partial charge in [0.1, 0.15) is 7.05 Å². The first-order chi connectivity index (χ1) is 15.6. The summed E-state index contributed by atoms with van der Waals surface area (Å²) in [6.07, 6.45) is 5.22. The number of hydrogen-bond acceptors (Lipinski definition) is 2. The highest BCUT2D eigenvalue weighted by atomic mass is 16.6. The molecule has 0 N–H and O–H groups in total. The van der Waals surface area contributed by atoms with Crippen LogP contribution in [0.3, 0.4) is 0 Å². The number of hydrogen-bond donors (Lipinski definition) is 0. The van der Waals surface area contributed by atoms with Gasteiger partial charge in [-0.05, 0) is 42.0 Å². The van der Waals surface area contributed by atoms with Gasteiger partial charge in [0.2, 0.25) is 5.69 Å². The number of nitrogens with zero attached hydrogens (tertiary/aromatic N) is 2. The van der Waals surface area contributed by atoms with Crippen molar-refractivity contribution in [2.24, 2.45) is 7.05 Å². The van der Waals surface area contributed by atoms with Crippen molar-refractivity contribution >= 4 is 16.7 Å². The molecule has 5 rings (SSSR count). The highest BCUT2D eigenvalue weighted by Gasteiger charge is 2.53. The molecule has 0 saturated heterocycles. The molecule has 4 aromatic rings. The smallest absolute Gasteiger partial charge is 0.393 e. The molecule has 1 aliphatic heterocycles. The Bertz CT molecular complexity index is 1320. The second-order valence-electron chi connectivity index (χ2n) is 8.52. The van der Waals surface area contributed by atoms with Crippen LogP contribution in [0.4, 0.5) is 0 Å². The molecular weight excluding hydrogens is 396 g/mol. The maximum Gasteiger partial charge on any atom is 0.408 e. The van der Waals surface area contributed by atoms with Crippen LogP contribution in [-0.4, -0.2) is 5.97 Å². The first-order valence-electron chi connectivity index (χ1n) is 11.3. The van der Waals surface area contributed by atoms with Gasteiger partial charge in [0.15, 0.2) is 12.4 Å². The van der Waals surface area contributed by atoms with Gasteiger partial charge in [0.25, 0.3) is 5.69 Å². The molecule has 2 aromatic heterocycles. The molecule has 4 nitrogen and oxygen atoms in total. The monoisotopic (exact) mass is 424 g/mol. The minimum absolute atomic E-state index is 0.310. The SMILES string of the molecule is CCC1(CC)c2ccccc2-c2c3ccccc3cc[n+]2C1OC(=O)c1cccc[n+]1C. The summed E-state index contributed by atoms with van der Waals surface area (Å²) in [6.45, 7) is 4.38. The first kappa shape index (κ1) is 20.4. The Hall–Kier alpha value is -3.53. The highest BCUT2D eigenvalue weighted by Crippen LogP contribution is 2.49. The van der Waals surface area contributed by atoms with Crippen LogP contribution < -0.4 is 9.13 Å². The van der Waals surface area contributed by atoms with E-state index in [0.29, 0.717) is 5.69 Å². The van der Waals surface area contributed by atoms with Gasteiger partial charge >= 0.3 is 12.2 Å². The van der Waals surface area contributed by atoms with Crippen LogP contribution in [0.15, 0.2) is 85.2 Å². The van der Waals surface area contributed by atoms with E-state index in [9.17, 15) is 4.79 Å². The molecule has 0 bridgehead atoms. The van der Waals surface area contributed by atoms with Gasteiger partial charge in [-0.2, -0.15) is 9.13 Å². The molecule has 0 radical (unpaired) electrons. The van der Waals surface area contributed by atoms with Crippen LogP contribution in [0.25, 0.3) is 22.0 Å². The zero-order chi connectivity index (χ0) is 22.3. The van der Waals surface area contributed by atoms with Crippen LogP contribution in [0.5, 0.6) is 0 Å². The molecule has 0 saturated carbocycles. The Morgan fingerprint density at radius 2 is 1.62 bits per heavy atom. The Morgan fingerprint density at radius 3 is 2.41 bits per heavy atom. The van der Waals surface area contributed by atoms with Crippen LogP contribution in [0.1, 0.15) is 49.0 Å². The van der Waals surface area contributed by atoms with Crippen molar-refractivity contribution in [3.63, 3.8) is 0 Å². The molecule has 32 heavy (non-hydrogen) atoms. The first-order valence-corrected chi connectivity index (χ1v) is 11.3. The van der Waals surface area contributed by atoms with Gasteiger partial charge in [-0.3, -0.25) is 0 Å². The molecule has 4 heteroatoms. The maximum atomic E-state index is 13.4. The molecule has 0 amide bonds. The zero-order valence-electron chi connectivity index (χ0n) is 18.8. The number of carbonyl (C=O) groups is 1. The number of aromatic nitrogens is 2. The number of esters is 1. The van der Waals surface area contributed by atoms with Crippen molar-refractivity contribution in [1.29, 1.82) is 0 Å². The lowest BCUT2D eigenvalue weighted by Gasteiger charge is -2.39. The Morgan fingerprint density at radius 1 is 0.906 bits per heavy atom. The van der Waals surface area contributed by atoms with Crippen LogP contribution >= 0.6 is 0 Å². The summed E-state index contributed by atoms with van der Waals surface area (Å²) in [6, 6.07) is 24.7. The summed E-state index contributed by atoms with van der Waals surface area (Å²) < 4.78 is 10.4. The fourth-order valence-corrected chi connectivity index (χ4v) is 5.28. The van der Waals surface area contributed by atoms with E-state index in [1.165, 1.54) is 16.5 Å². The van der Waals surface area contributed by atoms with Crippen molar-refractivity contribution in [1.82, 2.24) is 0 Å². The molecule has 0 spiro atoms. The summed E-state index contributed by atoms with van der Waals surface area (Å²) in [5.74, 6) is -0.310. The number of rotatable bonds is 4. The van der Waals surface area contributed by atoms with E-state index >= 15 is 0 Å². The molecule has 0 aliphatic carbocycles. The Balaban J connectivity index is 1.76. The number of pyridine rings is 2. The summed E-state index contributed by atoms with van der Waals surface area (Å²) in [5.41, 5.74) is 3.78. The Labute approximate surface area is 188 Å². The highest BCUT2D eigenvalue weighted by molar-refractivity contribution is 5.94. The van der Waals surface area contributed by atoms with Gasteiger partial charge in [-0.25, -0.2) is 4.79 Å². The standard InChI is InChI=1S/C28H28N2O2/c1-4-28(5-2)23-15-9-8-14-22(23)25-21-13-7-6-12-20(21)17-19-30(25)27(28)32-26(31)24-16-10-11-18-29(24)3/h6-19,27H,4-5H2,1-3H3/q+2. The molecule has 160 valence electrons. The average Bonchev–Trinajstić information content (AvgIpc) is 2.84. The molecule has 1 atom stereocenters. The average molecular weight is 425 g/mol. The van der Waals surface area contributed by atoms with E-state index in [1.807, 2.05) is 36.0 Å². The lowest BCUT2D eigenvalue weighted by Crippen LogP contribution is -2.57. The number of benzene rings is 2. The van der Waals surface area contributed by atoms with Gasteiger partial charge in [0, 0.05) is 18.2 Å². The molecule has 0 fully saturated rings. The van der Waals surface area contributed by atoms with Gasteiger partial charge < -0.3 is 4.74 Å². The Kier molecular flexibility index (Phi) is 5.01. The number of aryl methyl sites for hydroxylation is 1. The van der Waals surface area contributed by atoms with Crippen LogP contribution in [0.2, 0.25) is 0 Å². The van der Waals surface area contributed by atoms with Crippen molar-refractivity contribution < 1.29 is 18.7 Å². The predicted molar refractivity (Wildman–Crippen MR) is 124 cm³/mol. The summed E-state index contributed by atoms with van der Waals surface area (Å²) in [4.78, 5) is 13.4. The third-order valence-electron chi connectivity index (χ3n) is 7.08. The van der Waals surface area contributed by atoms with E-state index in [1.54, 1.807) is 0 Å². The van der Waals surface area contributed by atoms with Gasteiger partial charge in [-0.15, -0.1) is 0 Å². The van der Waals surface area contributed by atoms with Gasteiger partial charge in [0.05, 0.1) is 16.4 Å². The number of carbonyl (C=O) groups excluding carboxylic acids is 1. The number of ether oxygens (including phenoxy) is 1. The molecule has 3 heterocycles. The van der Waals surface area contributed by atoms with Crippen LogP contribution in [0, 0.1) is 0 Å². The van der Waals surface area contributed by atoms with E-state index in [-0.39, 0.29) is 11.4 Å². The molecule has 1 aliphatic rings. The largest absolute Gasteiger partial charge is 0.408 e. The second-order valence-corrected chi connectivity index (χ2v) is 8.52. The zero-order valence-corrected chi connectivity index (χ0v) is 18.8. The van der Waals surface area contributed by atoms with Gasteiger partial charge in [-0.1, -0.05) is 50.2 Å². The third-order valence-corrected chi connectivity index (χ3v) is 7.08.